The van der Waals surface area contributed by atoms with Crippen molar-refractivity contribution in [2.24, 2.45) is 5.73 Å². The average molecular weight is 171 g/mol. The van der Waals surface area contributed by atoms with Crippen LogP contribution in [0.5, 0.6) is 0 Å². The van der Waals surface area contributed by atoms with Gasteiger partial charge >= 0.3 is 0 Å². The molecule has 0 rings (SSSR count). The molecule has 0 aromatic rings. The Kier molecular flexibility index (Phi) is 5.14. The van der Waals surface area contributed by atoms with Crippen molar-refractivity contribution in [2.75, 3.05) is 0 Å². The topological polar surface area (TPSA) is 43.1 Å². The highest BCUT2D eigenvalue weighted by molar-refractivity contribution is 5.75. The molecular weight excluding hydrogens is 150 g/mol. The lowest BCUT2D eigenvalue weighted by molar-refractivity contribution is -0.117. The molecular formula is C10H21NO. The maximum atomic E-state index is 10.7. The summed E-state index contributed by atoms with van der Waals surface area (Å²) >= 11 is 0. The van der Waals surface area contributed by atoms with Crippen LogP contribution < -0.4 is 5.73 Å². The van der Waals surface area contributed by atoms with E-state index in [4.69, 9.17) is 5.73 Å². The summed E-state index contributed by atoms with van der Waals surface area (Å²) < 4.78 is 0. The summed E-state index contributed by atoms with van der Waals surface area (Å²) in [5.41, 5.74) is 5.86. The summed E-state index contributed by atoms with van der Waals surface area (Å²) in [4.78, 5) is 10.7. The smallest absolute Gasteiger partial charge is 0.129 e. The number of hydrogen-bond donors (Lipinski definition) is 1. The van der Waals surface area contributed by atoms with Gasteiger partial charge in [0, 0.05) is 12.0 Å². The van der Waals surface area contributed by atoms with Gasteiger partial charge < -0.3 is 10.5 Å². The van der Waals surface area contributed by atoms with Crippen molar-refractivity contribution in [3.05, 3.63) is 0 Å². The summed E-state index contributed by atoms with van der Waals surface area (Å²) in [6.45, 7) is 5.81. The second-order valence-electron chi connectivity index (χ2n) is 3.96. The van der Waals surface area contributed by atoms with Gasteiger partial charge in [0.15, 0.2) is 0 Å². The van der Waals surface area contributed by atoms with Crippen LogP contribution in [0.15, 0.2) is 0 Å². The van der Waals surface area contributed by atoms with Gasteiger partial charge in [-0.3, -0.25) is 0 Å². The Labute approximate surface area is 75.5 Å². The van der Waals surface area contributed by atoms with Crippen LogP contribution in [0.2, 0.25) is 0 Å². The van der Waals surface area contributed by atoms with E-state index in [1.54, 1.807) is 6.92 Å². The summed E-state index contributed by atoms with van der Waals surface area (Å²) in [6, 6.07) is 0. The molecule has 0 bridgehead atoms. The molecule has 0 aromatic heterocycles. The Morgan fingerprint density at radius 3 is 2.42 bits per heavy atom. The molecule has 0 fully saturated rings. The van der Waals surface area contributed by atoms with Gasteiger partial charge in [-0.05, 0) is 26.7 Å². The first-order valence-electron chi connectivity index (χ1n) is 4.76. The van der Waals surface area contributed by atoms with E-state index in [1.807, 2.05) is 6.92 Å². The monoisotopic (exact) mass is 171 g/mol. The van der Waals surface area contributed by atoms with Crippen LogP contribution in [0.3, 0.4) is 0 Å². The van der Waals surface area contributed by atoms with Crippen LogP contribution in [0, 0.1) is 0 Å². The normalized spacial score (nSPS) is 15.7. The van der Waals surface area contributed by atoms with Gasteiger partial charge in [-0.25, -0.2) is 0 Å². The van der Waals surface area contributed by atoms with E-state index in [-0.39, 0.29) is 11.3 Å². The number of ketones is 1. The summed E-state index contributed by atoms with van der Waals surface area (Å²) in [7, 11) is 0. The summed E-state index contributed by atoms with van der Waals surface area (Å²) in [5.74, 6) is 0.239. The first kappa shape index (κ1) is 11.6. The van der Waals surface area contributed by atoms with Gasteiger partial charge in [-0.2, -0.15) is 0 Å². The van der Waals surface area contributed by atoms with Gasteiger partial charge in [0.05, 0.1) is 0 Å². The van der Waals surface area contributed by atoms with Gasteiger partial charge in [0.1, 0.15) is 5.78 Å². The Bertz CT molecular complexity index is 141. The first-order valence-corrected chi connectivity index (χ1v) is 4.76. The van der Waals surface area contributed by atoms with E-state index in [0.29, 0.717) is 6.42 Å². The molecule has 0 aliphatic carbocycles. The number of hydrogen-bond acceptors (Lipinski definition) is 2. The van der Waals surface area contributed by atoms with Crippen molar-refractivity contribution in [1.29, 1.82) is 0 Å². The van der Waals surface area contributed by atoms with E-state index < -0.39 is 0 Å². The Balaban J connectivity index is 3.63. The van der Waals surface area contributed by atoms with Crippen LogP contribution in [0.25, 0.3) is 0 Å². The lowest BCUT2D eigenvalue weighted by atomic mass is 9.90. The van der Waals surface area contributed by atoms with Crippen molar-refractivity contribution in [3.8, 4) is 0 Å². The molecule has 2 heteroatoms. The number of unbranched alkanes of at least 4 members (excludes halogenated alkanes) is 1. The molecule has 0 aromatic carbocycles. The maximum Gasteiger partial charge on any atom is 0.129 e. The van der Waals surface area contributed by atoms with E-state index in [2.05, 4.69) is 6.92 Å². The second kappa shape index (κ2) is 5.31. The molecule has 72 valence electrons. The van der Waals surface area contributed by atoms with Crippen molar-refractivity contribution >= 4 is 5.78 Å². The predicted molar refractivity (Wildman–Crippen MR) is 52.0 cm³/mol. The molecule has 1 atom stereocenters. The maximum absolute atomic E-state index is 10.7. The molecule has 0 saturated carbocycles. The van der Waals surface area contributed by atoms with Gasteiger partial charge in [-0.15, -0.1) is 0 Å². The minimum absolute atomic E-state index is 0.137. The van der Waals surface area contributed by atoms with Crippen LogP contribution in [-0.2, 0) is 4.79 Å². The number of Topliss-reactive ketones (excluding diaryl/α,β-unsaturated/α-hetero) is 1. The molecule has 12 heavy (non-hydrogen) atoms. The molecule has 0 spiro atoms. The molecule has 0 aliphatic heterocycles. The zero-order chi connectivity index (χ0) is 9.61. The van der Waals surface area contributed by atoms with Crippen molar-refractivity contribution in [2.45, 2.75) is 58.4 Å². The zero-order valence-corrected chi connectivity index (χ0v) is 8.52. The van der Waals surface area contributed by atoms with Gasteiger partial charge in [0.25, 0.3) is 0 Å². The minimum atomic E-state index is -0.137. The quantitative estimate of drug-likeness (QED) is 0.666. The molecule has 0 heterocycles. The number of rotatable bonds is 6. The Hall–Kier alpha value is -0.370. The molecule has 0 aliphatic rings. The van der Waals surface area contributed by atoms with E-state index >= 15 is 0 Å². The lowest BCUT2D eigenvalue weighted by Crippen LogP contribution is -2.36. The third kappa shape index (κ3) is 6.35. The number of carbonyl (C=O) groups excluding carboxylic acids is 1. The molecule has 0 amide bonds. The average Bonchev–Trinajstić information content (AvgIpc) is 1.98. The lowest BCUT2D eigenvalue weighted by Gasteiger charge is -2.23. The van der Waals surface area contributed by atoms with E-state index in [0.717, 1.165) is 19.3 Å². The van der Waals surface area contributed by atoms with E-state index in [1.165, 1.54) is 6.42 Å². The van der Waals surface area contributed by atoms with E-state index in [9.17, 15) is 4.79 Å². The highest BCUT2D eigenvalue weighted by atomic mass is 16.1. The Morgan fingerprint density at radius 2 is 2.00 bits per heavy atom. The fourth-order valence-corrected chi connectivity index (χ4v) is 1.17. The highest BCUT2D eigenvalue weighted by Gasteiger charge is 2.17. The number of carbonyl (C=O) groups is 1. The molecule has 0 unspecified atom stereocenters. The molecule has 2 N–H and O–H groups in total. The molecule has 2 nitrogen and oxygen atoms in total. The third-order valence-electron chi connectivity index (χ3n) is 2.15. The van der Waals surface area contributed by atoms with Crippen LogP contribution in [0.4, 0.5) is 0 Å². The summed E-state index contributed by atoms with van der Waals surface area (Å²) in [6.07, 6.45) is 4.80. The predicted octanol–water partition coefficient (Wildman–Crippen LogP) is 2.26. The van der Waals surface area contributed by atoms with Gasteiger partial charge in [0.2, 0.25) is 0 Å². The van der Waals surface area contributed by atoms with Crippen LogP contribution in [-0.4, -0.2) is 11.3 Å². The zero-order valence-electron chi connectivity index (χ0n) is 8.52. The van der Waals surface area contributed by atoms with Crippen molar-refractivity contribution in [3.63, 3.8) is 0 Å². The number of nitrogens with two attached hydrogens (primary N) is 1. The van der Waals surface area contributed by atoms with Crippen molar-refractivity contribution in [1.82, 2.24) is 0 Å². The third-order valence-corrected chi connectivity index (χ3v) is 2.15. The fourth-order valence-electron chi connectivity index (χ4n) is 1.17. The van der Waals surface area contributed by atoms with Gasteiger partial charge in [-0.1, -0.05) is 19.8 Å². The largest absolute Gasteiger partial charge is 0.325 e. The van der Waals surface area contributed by atoms with Crippen LogP contribution >= 0.6 is 0 Å². The van der Waals surface area contributed by atoms with Crippen LogP contribution in [0.1, 0.15) is 52.9 Å². The highest BCUT2D eigenvalue weighted by Crippen LogP contribution is 2.16. The fraction of sp³-hybridized carbons (Fsp3) is 0.900. The molecule has 0 radical (unpaired) electrons. The molecule has 0 saturated heterocycles. The standard InChI is InChI=1S/C10H21NO/c1-4-5-7-10(3,11)8-6-9(2)12/h4-8,11H2,1-3H3/t10-/m1/s1. The second-order valence-corrected chi connectivity index (χ2v) is 3.96. The minimum Gasteiger partial charge on any atom is -0.325 e. The summed E-state index contributed by atoms with van der Waals surface area (Å²) in [5, 5.41) is 0. The first-order chi connectivity index (χ1) is 5.48. The SMILES string of the molecule is CCCC[C@@](C)(N)CCC(C)=O. The van der Waals surface area contributed by atoms with Crippen molar-refractivity contribution < 1.29 is 4.79 Å². The Morgan fingerprint density at radius 1 is 1.42 bits per heavy atom.